The summed E-state index contributed by atoms with van der Waals surface area (Å²) in [6, 6.07) is 9.38. The number of aromatic nitrogens is 3. The Morgan fingerprint density at radius 2 is 1.89 bits per heavy atom. The summed E-state index contributed by atoms with van der Waals surface area (Å²) in [5.74, 6) is 1.17. The molecule has 3 aromatic rings. The summed E-state index contributed by atoms with van der Waals surface area (Å²) in [6.07, 6.45) is 5.53. The van der Waals surface area contributed by atoms with Crippen molar-refractivity contribution in [3.8, 4) is 22.8 Å². The van der Waals surface area contributed by atoms with Crippen LogP contribution in [0.4, 0.5) is 0 Å². The number of aryl methyl sites for hydroxylation is 1. The summed E-state index contributed by atoms with van der Waals surface area (Å²) in [5, 5.41) is 7.10. The zero-order valence-corrected chi connectivity index (χ0v) is 15.6. The van der Waals surface area contributed by atoms with Crippen molar-refractivity contribution in [1.29, 1.82) is 0 Å². The largest absolute Gasteiger partial charge is 0.493 e. The van der Waals surface area contributed by atoms with Crippen molar-refractivity contribution in [2.45, 2.75) is 13.0 Å². The standard InChI is InChI=1S/C20H22N4O3/c1-24-17(6-7-23-24)16-8-15(11-21-13-16)12-22-20(25)10-14-4-5-18(26-2)19(9-14)27-3/h4-9,11,13H,10,12H2,1-3H3,(H,22,25). The number of rotatable bonds is 7. The maximum absolute atomic E-state index is 12.3. The Hall–Kier alpha value is -3.35. The highest BCUT2D eigenvalue weighted by Gasteiger charge is 2.09. The van der Waals surface area contributed by atoms with E-state index >= 15 is 0 Å². The molecule has 0 saturated heterocycles. The van der Waals surface area contributed by atoms with Crippen LogP contribution in [-0.4, -0.2) is 34.9 Å². The van der Waals surface area contributed by atoms with Gasteiger partial charge in [0.15, 0.2) is 11.5 Å². The van der Waals surface area contributed by atoms with Gasteiger partial charge in [0.05, 0.1) is 26.3 Å². The van der Waals surface area contributed by atoms with E-state index < -0.39 is 0 Å². The number of hydrogen-bond donors (Lipinski definition) is 1. The van der Waals surface area contributed by atoms with E-state index in [2.05, 4.69) is 15.4 Å². The number of hydrogen-bond acceptors (Lipinski definition) is 5. The minimum absolute atomic E-state index is 0.0758. The van der Waals surface area contributed by atoms with Gasteiger partial charge in [-0.25, -0.2) is 0 Å². The normalized spacial score (nSPS) is 10.5. The van der Waals surface area contributed by atoms with Crippen LogP contribution in [0.25, 0.3) is 11.3 Å². The molecule has 140 valence electrons. The molecule has 0 spiro atoms. The fraction of sp³-hybridized carbons (Fsp3) is 0.250. The molecule has 0 aliphatic heterocycles. The van der Waals surface area contributed by atoms with Gasteiger partial charge in [-0.2, -0.15) is 5.10 Å². The quantitative estimate of drug-likeness (QED) is 0.694. The third-order valence-corrected chi connectivity index (χ3v) is 4.21. The van der Waals surface area contributed by atoms with Gasteiger partial charge in [0.2, 0.25) is 5.91 Å². The molecule has 7 heteroatoms. The number of pyridine rings is 1. The average Bonchev–Trinajstić information content (AvgIpc) is 3.12. The van der Waals surface area contributed by atoms with Crippen LogP contribution in [0, 0.1) is 0 Å². The zero-order chi connectivity index (χ0) is 19.2. The molecule has 0 radical (unpaired) electrons. The Bertz CT molecular complexity index is 936. The van der Waals surface area contributed by atoms with Gasteiger partial charge < -0.3 is 14.8 Å². The second kappa shape index (κ2) is 8.35. The number of benzene rings is 1. The minimum atomic E-state index is -0.0758. The fourth-order valence-electron chi connectivity index (χ4n) is 2.82. The van der Waals surface area contributed by atoms with Gasteiger partial charge in [-0.1, -0.05) is 6.07 Å². The van der Waals surface area contributed by atoms with E-state index in [4.69, 9.17) is 9.47 Å². The van der Waals surface area contributed by atoms with E-state index in [1.165, 1.54) is 0 Å². The predicted octanol–water partition coefficient (Wildman–Crippen LogP) is 2.36. The summed E-state index contributed by atoms with van der Waals surface area (Å²) >= 11 is 0. The smallest absolute Gasteiger partial charge is 0.224 e. The molecule has 0 atom stereocenters. The lowest BCUT2D eigenvalue weighted by Gasteiger charge is -2.10. The number of carbonyl (C=O) groups is 1. The van der Waals surface area contributed by atoms with E-state index in [0.29, 0.717) is 18.0 Å². The number of amides is 1. The minimum Gasteiger partial charge on any atom is -0.493 e. The molecule has 2 heterocycles. The molecule has 0 aliphatic carbocycles. The van der Waals surface area contributed by atoms with Crippen molar-refractivity contribution in [2.24, 2.45) is 7.05 Å². The molecule has 0 bridgehead atoms. The third kappa shape index (κ3) is 4.44. The summed E-state index contributed by atoms with van der Waals surface area (Å²) in [6.45, 7) is 0.408. The highest BCUT2D eigenvalue weighted by molar-refractivity contribution is 5.78. The first-order valence-corrected chi connectivity index (χ1v) is 8.50. The van der Waals surface area contributed by atoms with Crippen LogP contribution in [0.2, 0.25) is 0 Å². The molecular weight excluding hydrogens is 344 g/mol. The van der Waals surface area contributed by atoms with Gasteiger partial charge >= 0.3 is 0 Å². The Morgan fingerprint density at radius 1 is 1.07 bits per heavy atom. The van der Waals surface area contributed by atoms with Gasteiger partial charge in [-0.3, -0.25) is 14.5 Å². The molecule has 0 unspecified atom stereocenters. The number of ether oxygens (including phenoxy) is 2. The SMILES string of the molecule is COc1ccc(CC(=O)NCc2cncc(-c3ccnn3C)c2)cc1OC. The fourth-order valence-corrected chi connectivity index (χ4v) is 2.82. The first-order valence-electron chi connectivity index (χ1n) is 8.50. The lowest BCUT2D eigenvalue weighted by atomic mass is 10.1. The summed E-state index contributed by atoms with van der Waals surface area (Å²) < 4.78 is 12.3. The van der Waals surface area contributed by atoms with E-state index in [1.54, 1.807) is 43.6 Å². The molecule has 7 nitrogen and oxygen atoms in total. The van der Waals surface area contributed by atoms with Crippen LogP contribution in [0.5, 0.6) is 11.5 Å². The lowest BCUT2D eigenvalue weighted by Crippen LogP contribution is -2.24. The van der Waals surface area contributed by atoms with Crippen molar-refractivity contribution in [1.82, 2.24) is 20.1 Å². The Kier molecular flexibility index (Phi) is 5.71. The van der Waals surface area contributed by atoms with Crippen LogP contribution < -0.4 is 14.8 Å². The van der Waals surface area contributed by atoms with Crippen LogP contribution in [-0.2, 0) is 24.8 Å². The summed E-state index contributed by atoms with van der Waals surface area (Å²) in [7, 11) is 5.04. The molecule has 27 heavy (non-hydrogen) atoms. The first-order chi connectivity index (χ1) is 13.1. The molecule has 0 fully saturated rings. The van der Waals surface area contributed by atoms with E-state index in [-0.39, 0.29) is 12.3 Å². The molecule has 1 amide bonds. The van der Waals surface area contributed by atoms with Gasteiger partial charge in [0.25, 0.3) is 0 Å². The van der Waals surface area contributed by atoms with Crippen molar-refractivity contribution in [2.75, 3.05) is 14.2 Å². The van der Waals surface area contributed by atoms with Crippen LogP contribution in [0.15, 0.2) is 48.9 Å². The molecule has 1 N–H and O–H groups in total. The third-order valence-electron chi connectivity index (χ3n) is 4.21. The average molecular weight is 366 g/mol. The molecular formula is C20H22N4O3. The monoisotopic (exact) mass is 366 g/mol. The van der Waals surface area contributed by atoms with Crippen LogP contribution >= 0.6 is 0 Å². The van der Waals surface area contributed by atoms with Gasteiger partial charge in [0, 0.05) is 37.7 Å². The molecule has 3 rings (SSSR count). The van der Waals surface area contributed by atoms with Crippen LogP contribution in [0.1, 0.15) is 11.1 Å². The first kappa shape index (κ1) is 18.4. The number of carbonyl (C=O) groups excluding carboxylic acids is 1. The maximum atomic E-state index is 12.3. The highest BCUT2D eigenvalue weighted by Crippen LogP contribution is 2.27. The van der Waals surface area contributed by atoms with Crippen molar-refractivity contribution < 1.29 is 14.3 Å². The molecule has 0 aliphatic rings. The second-order valence-electron chi connectivity index (χ2n) is 6.06. The molecule has 2 aromatic heterocycles. The zero-order valence-electron chi connectivity index (χ0n) is 15.6. The number of methoxy groups -OCH3 is 2. The van der Waals surface area contributed by atoms with Crippen molar-refractivity contribution in [3.05, 3.63) is 60.0 Å². The lowest BCUT2D eigenvalue weighted by molar-refractivity contribution is -0.120. The predicted molar refractivity (Wildman–Crippen MR) is 102 cm³/mol. The van der Waals surface area contributed by atoms with Gasteiger partial charge in [0.1, 0.15) is 0 Å². The van der Waals surface area contributed by atoms with Crippen molar-refractivity contribution in [3.63, 3.8) is 0 Å². The van der Waals surface area contributed by atoms with Gasteiger partial charge in [-0.05, 0) is 35.4 Å². The number of nitrogens with zero attached hydrogens (tertiary/aromatic N) is 3. The summed E-state index contributed by atoms with van der Waals surface area (Å²) in [5.41, 5.74) is 3.71. The number of nitrogens with one attached hydrogen (secondary N) is 1. The van der Waals surface area contributed by atoms with E-state index in [1.807, 2.05) is 31.3 Å². The summed E-state index contributed by atoms with van der Waals surface area (Å²) in [4.78, 5) is 16.6. The van der Waals surface area contributed by atoms with E-state index in [9.17, 15) is 4.79 Å². The van der Waals surface area contributed by atoms with E-state index in [0.717, 1.165) is 22.4 Å². The maximum Gasteiger partial charge on any atom is 0.224 e. The topological polar surface area (TPSA) is 78.3 Å². The van der Waals surface area contributed by atoms with Crippen molar-refractivity contribution >= 4 is 5.91 Å². The molecule has 1 aromatic carbocycles. The Balaban J connectivity index is 1.62. The Morgan fingerprint density at radius 3 is 2.59 bits per heavy atom. The second-order valence-corrected chi connectivity index (χ2v) is 6.06. The molecule has 0 saturated carbocycles. The highest BCUT2D eigenvalue weighted by atomic mass is 16.5. The van der Waals surface area contributed by atoms with Gasteiger partial charge in [-0.15, -0.1) is 0 Å². The Labute approximate surface area is 158 Å². The van der Waals surface area contributed by atoms with Crippen LogP contribution in [0.3, 0.4) is 0 Å².